The molecule has 0 bridgehead atoms. The molecular weight excluding hydrogens is 363 g/mol. The smallest absolute Gasteiger partial charge is 0.457 e. The predicted octanol–water partition coefficient (Wildman–Crippen LogP) is 1.17. The number of thiol groups is 1. The van der Waals surface area contributed by atoms with Crippen LogP contribution in [0.4, 0.5) is 13.2 Å². The van der Waals surface area contributed by atoms with Gasteiger partial charge in [0.2, 0.25) is 0 Å². The molecule has 1 rings (SSSR count). The molecule has 11 heteroatoms. The van der Waals surface area contributed by atoms with E-state index in [1.54, 1.807) is 12.4 Å². The molecule has 1 heterocycles. The molecule has 1 aromatic heterocycles. The lowest BCUT2D eigenvalue weighted by molar-refractivity contribution is -0.173. The summed E-state index contributed by atoms with van der Waals surface area (Å²) in [4.78, 5) is 24.4. The van der Waals surface area contributed by atoms with Crippen LogP contribution in [-0.2, 0) is 16.0 Å². The van der Waals surface area contributed by atoms with Crippen molar-refractivity contribution in [1.82, 2.24) is 15.6 Å². The van der Waals surface area contributed by atoms with E-state index in [0.717, 1.165) is 24.2 Å². The summed E-state index contributed by atoms with van der Waals surface area (Å²) in [6.45, 7) is 1.54. The molecule has 7 nitrogen and oxygen atoms in total. The van der Waals surface area contributed by atoms with Gasteiger partial charge in [-0.3, -0.25) is 14.6 Å². The number of alkyl halides is 3. The van der Waals surface area contributed by atoms with Crippen LogP contribution in [0.3, 0.4) is 0 Å². The molecule has 0 aromatic carbocycles. The largest absolute Gasteiger partial charge is 0.480 e. The molecule has 2 atom stereocenters. The number of carboxylic acid groups (broad SMARTS) is 2. The maximum absolute atomic E-state index is 11.3. The van der Waals surface area contributed by atoms with E-state index >= 15 is 0 Å². The summed E-state index contributed by atoms with van der Waals surface area (Å²) in [5, 5.41) is 20.6. The highest BCUT2D eigenvalue weighted by molar-refractivity contribution is 7.80. The van der Waals surface area contributed by atoms with Crippen molar-refractivity contribution >= 4 is 24.6 Å². The average molecular weight is 383 g/mol. The third-order valence-corrected chi connectivity index (χ3v) is 3.15. The number of carboxylic acids is 2. The second-order valence-corrected chi connectivity index (χ2v) is 5.20. The van der Waals surface area contributed by atoms with Crippen molar-refractivity contribution in [3.05, 3.63) is 30.1 Å². The highest BCUT2D eigenvalue weighted by Gasteiger charge is 2.31. The van der Waals surface area contributed by atoms with Crippen molar-refractivity contribution in [3.8, 4) is 0 Å². The van der Waals surface area contributed by atoms with E-state index in [2.05, 4.69) is 22.9 Å². The van der Waals surface area contributed by atoms with Crippen LogP contribution in [0.1, 0.15) is 12.5 Å². The van der Waals surface area contributed by atoms with E-state index in [1.807, 2.05) is 12.1 Å². The van der Waals surface area contributed by atoms with Crippen molar-refractivity contribution in [2.75, 3.05) is 12.3 Å². The zero-order valence-electron chi connectivity index (χ0n) is 13.3. The van der Waals surface area contributed by atoms with Crippen molar-refractivity contribution in [2.45, 2.75) is 31.7 Å². The summed E-state index contributed by atoms with van der Waals surface area (Å²) in [5.41, 5.74) is 1.14. The maximum atomic E-state index is 11.3. The zero-order chi connectivity index (χ0) is 19.5. The quantitative estimate of drug-likeness (QED) is 0.338. The first kappa shape index (κ1) is 23.1. The highest BCUT2D eigenvalue weighted by Crippen LogP contribution is 2.10. The van der Waals surface area contributed by atoms with Crippen LogP contribution in [0, 0.1) is 0 Å². The molecule has 0 saturated carbocycles. The fourth-order valence-corrected chi connectivity index (χ4v) is 1.76. The Morgan fingerprint density at radius 2 is 1.80 bits per heavy atom. The van der Waals surface area contributed by atoms with Gasteiger partial charge in [0.15, 0.2) is 0 Å². The van der Waals surface area contributed by atoms with Gasteiger partial charge in [-0.15, -0.1) is 0 Å². The van der Waals surface area contributed by atoms with Gasteiger partial charge in [-0.1, -0.05) is 0 Å². The minimum Gasteiger partial charge on any atom is -0.480 e. The topological polar surface area (TPSA) is 112 Å². The molecule has 0 spiro atoms. The van der Waals surface area contributed by atoms with Crippen LogP contribution in [0.25, 0.3) is 0 Å². The monoisotopic (exact) mass is 383 g/mol. The number of hydrogen-bond acceptors (Lipinski definition) is 6. The normalized spacial score (nSPS) is 13.3. The lowest BCUT2D eigenvalue weighted by Crippen LogP contribution is -2.43. The second-order valence-electron chi connectivity index (χ2n) is 4.84. The highest BCUT2D eigenvalue weighted by atomic mass is 32.1. The molecule has 4 N–H and O–H groups in total. The molecule has 0 fully saturated rings. The summed E-state index contributed by atoms with van der Waals surface area (Å²) >= 11 is 3.96. The molecule has 0 radical (unpaired) electrons. The molecule has 0 unspecified atom stereocenters. The van der Waals surface area contributed by atoms with Crippen LogP contribution >= 0.6 is 12.6 Å². The first-order chi connectivity index (χ1) is 11.6. The van der Waals surface area contributed by atoms with Crippen molar-refractivity contribution in [3.63, 3.8) is 0 Å². The number of pyridine rings is 1. The SMILES string of the molecule is C[C@H](NC(F)(F)F)C(=O)O.O=C(O)[C@H](CS)NCCc1ccncc1. The Balaban J connectivity index is 0.000000504. The maximum Gasteiger partial charge on any atom is 0.457 e. The van der Waals surface area contributed by atoms with Crippen LogP contribution in [0.15, 0.2) is 24.5 Å². The van der Waals surface area contributed by atoms with Gasteiger partial charge in [0.05, 0.1) is 0 Å². The molecule has 0 aliphatic heterocycles. The number of aromatic nitrogens is 1. The standard InChI is InChI=1S/C10H14N2O2S.C4H6F3NO2/c13-10(14)9(7-15)12-6-3-8-1-4-11-5-2-8;1-2(3(9)10)8-4(5,6)7/h1-2,4-5,9,12,15H,3,6-7H2,(H,13,14);2,8H,1H3,(H,9,10)/t9-;2-/m00/s1. The number of halogens is 3. The molecule has 0 saturated heterocycles. The molecule has 1 aromatic rings. The predicted molar refractivity (Wildman–Crippen MR) is 87.5 cm³/mol. The van der Waals surface area contributed by atoms with E-state index in [0.29, 0.717) is 12.3 Å². The van der Waals surface area contributed by atoms with E-state index in [9.17, 15) is 22.8 Å². The lowest BCUT2D eigenvalue weighted by atomic mass is 10.2. The molecule has 0 aliphatic rings. The van der Waals surface area contributed by atoms with Gasteiger partial charge in [-0.2, -0.15) is 25.8 Å². The summed E-state index contributed by atoms with van der Waals surface area (Å²) in [6.07, 6.45) is -0.386. The summed E-state index contributed by atoms with van der Waals surface area (Å²) in [5.74, 6) is -2.09. The van der Waals surface area contributed by atoms with Crippen LogP contribution in [-0.4, -0.2) is 57.8 Å². The molecule has 142 valence electrons. The fourth-order valence-electron chi connectivity index (χ4n) is 1.48. The number of hydrogen-bond donors (Lipinski definition) is 5. The molecule has 25 heavy (non-hydrogen) atoms. The number of carbonyl (C=O) groups is 2. The minimum absolute atomic E-state index is 0.297. The van der Waals surface area contributed by atoms with Gasteiger partial charge in [0.25, 0.3) is 0 Å². The van der Waals surface area contributed by atoms with E-state index in [-0.39, 0.29) is 0 Å². The van der Waals surface area contributed by atoms with Gasteiger partial charge >= 0.3 is 18.2 Å². The zero-order valence-corrected chi connectivity index (χ0v) is 14.2. The number of rotatable bonds is 8. The average Bonchev–Trinajstić information content (AvgIpc) is 2.51. The lowest BCUT2D eigenvalue weighted by Gasteiger charge is -2.11. The Kier molecular flexibility index (Phi) is 10.8. The Morgan fingerprint density at radius 3 is 2.16 bits per heavy atom. The van der Waals surface area contributed by atoms with E-state index in [1.165, 1.54) is 0 Å². The molecular formula is C14H20F3N3O4S. The first-order valence-corrected chi connectivity index (χ1v) is 7.73. The Labute approximate surface area is 148 Å². The summed E-state index contributed by atoms with van der Waals surface area (Å²) < 4.78 is 33.9. The Morgan fingerprint density at radius 1 is 1.24 bits per heavy atom. The van der Waals surface area contributed by atoms with Gasteiger partial charge in [-0.25, -0.2) is 5.32 Å². The number of nitrogens with one attached hydrogen (secondary N) is 2. The van der Waals surface area contributed by atoms with E-state index in [4.69, 9.17) is 10.2 Å². The van der Waals surface area contributed by atoms with E-state index < -0.39 is 30.3 Å². The first-order valence-electron chi connectivity index (χ1n) is 7.10. The van der Waals surface area contributed by atoms with Crippen LogP contribution in [0.5, 0.6) is 0 Å². The third kappa shape index (κ3) is 12.2. The molecule has 0 amide bonds. The number of nitrogens with zero attached hydrogens (tertiary/aromatic N) is 1. The van der Waals surface area contributed by atoms with Gasteiger partial charge < -0.3 is 15.5 Å². The Hall–Kier alpha value is -1.85. The van der Waals surface area contributed by atoms with Gasteiger partial charge in [0, 0.05) is 18.1 Å². The van der Waals surface area contributed by atoms with Gasteiger partial charge in [-0.05, 0) is 37.6 Å². The van der Waals surface area contributed by atoms with Crippen molar-refractivity contribution in [1.29, 1.82) is 0 Å². The summed E-state index contributed by atoms with van der Waals surface area (Å²) in [7, 11) is 0. The minimum atomic E-state index is -4.63. The van der Waals surface area contributed by atoms with Crippen LogP contribution in [0.2, 0.25) is 0 Å². The van der Waals surface area contributed by atoms with Gasteiger partial charge in [0.1, 0.15) is 12.1 Å². The number of aliphatic carboxylic acids is 2. The third-order valence-electron chi connectivity index (χ3n) is 2.79. The second kappa shape index (κ2) is 11.7. The van der Waals surface area contributed by atoms with Crippen molar-refractivity contribution < 1.29 is 33.0 Å². The molecule has 0 aliphatic carbocycles. The Bertz CT molecular complexity index is 532. The summed E-state index contributed by atoms with van der Waals surface area (Å²) in [6, 6.07) is 1.66. The fraction of sp³-hybridized carbons (Fsp3) is 0.500. The van der Waals surface area contributed by atoms with Crippen LogP contribution < -0.4 is 10.6 Å². The van der Waals surface area contributed by atoms with Crippen molar-refractivity contribution in [2.24, 2.45) is 0 Å².